The van der Waals surface area contributed by atoms with Gasteiger partial charge >= 0.3 is 0 Å². The van der Waals surface area contributed by atoms with E-state index in [1.165, 1.54) is 11.1 Å². The van der Waals surface area contributed by atoms with Gasteiger partial charge in [-0.25, -0.2) is 0 Å². The molecule has 0 aliphatic carbocycles. The van der Waals surface area contributed by atoms with Crippen LogP contribution in [0.1, 0.15) is 44.2 Å². The summed E-state index contributed by atoms with van der Waals surface area (Å²) in [5, 5.41) is 0. The Balaban J connectivity index is 1.86. The maximum atomic E-state index is 6.26. The standard InChI is InChI=1S/C16H25NO/c1-12-6-4-5-7-13(12)10-14(17)11-15-8-9-16(2,3)18-15/h4-7,14-15H,8-11,17H2,1-3H3. The van der Waals surface area contributed by atoms with E-state index in [0.29, 0.717) is 6.10 Å². The topological polar surface area (TPSA) is 35.2 Å². The summed E-state index contributed by atoms with van der Waals surface area (Å²) < 4.78 is 6.01. The molecule has 2 atom stereocenters. The second-order valence-corrected chi connectivity index (χ2v) is 6.16. The van der Waals surface area contributed by atoms with Crippen LogP contribution in [-0.2, 0) is 11.2 Å². The summed E-state index contributed by atoms with van der Waals surface area (Å²) in [5.74, 6) is 0. The Morgan fingerprint density at radius 2 is 2.11 bits per heavy atom. The van der Waals surface area contributed by atoms with E-state index in [4.69, 9.17) is 10.5 Å². The van der Waals surface area contributed by atoms with E-state index in [-0.39, 0.29) is 11.6 Å². The third kappa shape index (κ3) is 3.56. The number of rotatable bonds is 4. The van der Waals surface area contributed by atoms with Crippen LogP contribution in [0, 0.1) is 6.92 Å². The number of benzene rings is 1. The smallest absolute Gasteiger partial charge is 0.0631 e. The van der Waals surface area contributed by atoms with E-state index in [9.17, 15) is 0 Å². The Labute approximate surface area is 111 Å². The van der Waals surface area contributed by atoms with Crippen LogP contribution >= 0.6 is 0 Å². The summed E-state index contributed by atoms with van der Waals surface area (Å²) >= 11 is 0. The van der Waals surface area contributed by atoms with Crippen molar-refractivity contribution < 1.29 is 4.74 Å². The first-order valence-corrected chi connectivity index (χ1v) is 6.94. The van der Waals surface area contributed by atoms with Gasteiger partial charge in [-0.15, -0.1) is 0 Å². The van der Waals surface area contributed by atoms with Crippen molar-refractivity contribution in [2.24, 2.45) is 5.73 Å². The minimum atomic E-state index is 0.0487. The molecule has 1 aromatic rings. The zero-order valence-corrected chi connectivity index (χ0v) is 11.8. The Morgan fingerprint density at radius 3 is 2.72 bits per heavy atom. The average molecular weight is 247 g/mol. The van der Waals surface area contributed by atoms with E-state index >= 15 is 0 Å². The summed E-state index contributed by atoms with van der Waals surface area (Å²) in [6.45, 7) is 6.48. The van der Waals surface area contributed by atoms with E-state index in [1.54, 1.807) is 0 Å². The van der Waals surface area contributed by atoms with Crippen molar-refractivity contribution in [2.75, 3.05) is 0 Å². The van der Waals surface area contributed by atoms with Crippen LogP contribution in [0.15, 0.2) is 24.3 Å². The van der Waals surface area contributed by atoms with Crippen molar-refractivity contribution in [3.05, 3.63) is 35.4 Å². The lowest BCUT2D eigenvalue weighted by molar-refractivity contribution is -0.0205. The molecule has 2 unspecified atom stereocenters. The fourth-order valence-electron chi connectivity index (χ4n) is 2.79. The molecule has 1 fully saturated rings. The molecule has 0 radical (unpaired) electrons. The number of nitrogens with two attached hydrogens (primary N) is 1. The molecule has 2 heteroatoms. The van der Waals surface area contributed by atoms with Crippen molar-refractivity contribution in [2.45, 2.75) is 64.2 Å². The maximum Gasteiger partial charge on any atom is 0.0631 e. The quantitative estimate of drug-likeness (QED) is 0.886. The highest BCUT2D eigenvalue weighted by molar-refractivity contribution is 5.26. The first-order chi connectivity index (χ1) is 8.46. The number of ether oxygens (including phenoxy) is 1. The van der Waals surface area contributed by atoms with Crippen LogP contribution in [0.25, 0.3) is 0 Å². The second-order valence-electron chi connectivity index (χ2n) is 6.16. The Morgan fingerprint density at radius 1 is 1.39 bits per heavy atom. The molecule has 1 aromatic carbocycles. The van der Waals surface area contributed by atoms with Crippen LogP contribution in [0.2, 0.25) is 0 Å². The van der Waals surface area contributed by atoms with E-state index in [2.05, 4.69) is 45.0 Å². The van der Waals surface area contributed by atoms with Crippen molar-refractivity contribution in [3.8, 4) is 0 Å². The summed E-state index contributed by atoms with van der Waals surface area (Å²) in [4.78, 5) is 0. The number of hydrogen-bond acceptors (Lipinski definition) is 2. The van der Waals surface area contributed by atoms with Crippen LogP contribution in [0.4, 0.5) is 0 Å². The molecule has 1 saturated heterocycles. The molecule has 0 spiro atoms. The molecule has 0 bridgehead atoms. The van der Waals surface area contributed by atoms with Crippen molar-refractivity contribution in [1.82, 2.24) is 0 Å². The van der Waals surface area contributed by atoms with Crippen molar-refractivity contribution >= 4 is 0 Å². The Kier molecular flexibility index (Phi) is 4.08. The van der Waals surface area contributed by atoms with Gasteiger partial charge in [-0.2, -0.15) is 0 Å². The predicted octanol–water partition coefficient (Wildman–Crippen LogP) is 3.21. The third-order valence-electron chi connectivity index (χ3n) is 3.86. The lowest BCUT2D eigenvalue weighted by Crippen LogP contribution is -2.30. The molecule has 2 rings (SSSR count). The Bertz CT molecular complexity index is 400. The summed E-state index contributed by atoms with van der Waals surface area (Å²) in [5.41, 5.74) is 9.01. The van der Waals surface area contributed by atoms with Gasteiger partial charge in [-0.1, -0.05) is 24.3 Å². The van der Waals surface area contributed by atoms with Crippen molar-refractivity contribution in [3.63, 3.8) is 0 Å². The summed E-state index contributed by atoms with van der Waals surface area (Å²) in [7, 11) is 0. The maximum absolute atomic E-state index is 6.26. The largest absolute Gasteiger partial charge is 0.372 e. The Hall–Kier alpha value is -0.860. The molecule has 0 amide bonds. The minimum Gasteiger partial charge on any atom is -0.372 e. The fourth-order valence-corrected chi connectivity index (χ4v) is 2.79. The lowest BCUT2D eigenvalue weighted by atomic mass is 9.97. The molecule has 1 aliphatic rings. The van der Waals surface area contributed by atoms with Crippen LogP contribution in [0.5, 0.6) is 0 Å². The van der Waals surface area contributed by atoms with E-state index in [1.807, 2.05) is 0 Å². The first kappa shape index (κ1) is 13.6. The number of hydrogen-bond donors (Lipinski definition) is 1. The molecule has 18 heavy (non-hydrogen) atoms. The van der Waals surface area contributed by atoms with Gasteiger partial charge in [0, 0.05) is 6.04 Å². The molecule has 0 aromatic heterocycles. The highest BCUT2D eigenvalue weighted by Crippen LogP contribution is 2.31. The van der Waals surface area contributed by atoms with Gasteiger partial charge in [0.25, 0.3) is 0 Å². The van der Waals surface area contributed by atoms with Gasteiger partial charge < -0.3 is 10.5 Å². The van der Waals surface area contributed by atoms with Crippen LogP contribution in [-0.4, -0.2) is 17.7 Å². The number of aryl methyl sites for hydroxylation is 1. The lowest BCUT2D eigenvalue weighted by Gasteiger charge is -2.21. The molecular formula is C16H25NO. The highest BCUT2D eigenvalue weighted by Gasteiger charge is 2.32. The first-order valence-electron chi connectivity index (χ1n) is 6.94. The highest BCUT2D eigenvalue weighted by atomic mass is 16.5. The molecule has 2 nitrogen and oxygen atoms in total. The fraction of sp³-hybridized carbons (Fsp3) is 0.625. The van der Waals surface area contributed by atoms with Gasteiger partial charge in [-0.05, 0) is 57.6 Å². The zero-order valence-electron chi connectivity index (χ0n) is 11.8. The third-order valence-corrected chi connectivity index (χ3v) is 3.86. The average Bonchev–Trinajstić information content (AvgIpc) is 2.61. The zero-order chi connectivity index (χ0) is 13.2. The summed E-state index contributed by atoms with van der Waals surface area (Å²) in [6.07, 6.45) is 4.56. The monoisotopic (exact) mass is 247 g/mol. The van der Waals surface area contributed by atoms with Gasteiger partial charge in [0.2, 0.25) is 0 Å². The predicted molar refractivity (Wildman–Crippen MR) is 75.7 cm³/mol. The molecule has 1 aliphatic heterocycles. The molecular weight excluding hydrogens is 222 g/mol. The molecule has 2 N–H and O–H groups in total. The second kappa shape index (κ2) is 5.41. The normalized spacial score (nSPS) is 24.1. The SMILES string of the molecule is Cc1ccccc1CC(N)CC1CCC(C)(C)O1. The minimum absolute atomic E-state index is 0.0487. The van der Waals surface area contributed by atoms with Crippen LogP contribution < -0.4 is 5.73 Å². The van der Waals surface area contributed by atoms with Gasteiger partial charge in [-0.3, -0.25) is 0 Å². The molecule has 0 saturated carbocycles. The van der Waals surface area contributed by atoms with E-state index < -0.39 is 0 Å². The van der Waals surface area contributed by atoms with E-state index in [0.717, 1.165) is 25.7 Å². The van der Waals surface area contributed by atoms with Gasteiger partial charge in [0.1, 0.15) is 0 Å². The summed E-state index contributed by atoms with van der Waals surface area (Å²) in [6, 6.07) is 8.69. The van der Waals surface area contributed by atoms with Crippen LogP contribution in [0.3, 0.4) is 0 Å². The van der Waals surface area contributed by atoms with Gasteiger partial charge in [0.15, 0.2) is 0 Å². The molecule has 100 valence electrons. The van der Waals surface area contributed by atoms with Crippen molar-refractivity contribution in [1.29, 1.82) is 0 Å². The van der Waals surface area contributed by atoms with Gasteiger partial charge in [0.05, 0.1) is 11.7 Å². The molecule has 1 heterocycles.